The van der Waals surface area contributed by atoms with E-state index in [9.17, 15) is 4.79 Å². The first kappa shape index (κ1) is 52.2. The first-order valence-electron chi connectivity index (χ1n) is 18.2. The SMILES string of the molecule is C=Cc1ccc(O)cc1.CC(C)(C)[Si](C)(C)C#CC(=O)O.COC(OC)c1ccc(O)cc1.Oc1ccc(CSSc2ccccn2)cc1.[N-]=[N+]=NCc1ccc(O)cc1. The van der Waals surface area contributed by atoms with E-state index in [0.29, 0.717) is 18.0 Å². The Balaban J connectivity index is 0.000000380. The fourth-order valence-corrected chi connectivity index (χ4v) is 6.65. The standard InChI is InChI=1S/C12H11NOS2.C9H12O3.C9H16O2Si.C8H8O.C7H7N3O/c14-11-6-4-10(5-7-11)9-15-16-12-3-1-2-8-13-12;1-11-9(12-2)7-3-5-8(10)6-4-7;1-9(2,3)12(4,5)7-6-8(10)11;1-2-7-3-5-8(9)6-4-7;8-10-9-5-6-1-3-7(11)4-2-6/h1-8,14H,9H2;3-6,9-10H,1-2H3;1-5H3,(H,10,11);2-6,9H,1H2;1-4,11H,5H2. The van der Waals surface area contributed by atoms with E-state index in [1.807, 2.05) is 42.5 Å². The summed E-state index contributed by atoms with van der Waals surface area (Å²) in [6.45, 7) is 14.4. The molecule has 0 aliphatic heterocycles. The molecular formula is C45H54N4O8S2Si. The summed E-state index contributed by atoms with van der Waals surface area (Å²) < 4.78 is 10.0. The van der Waals surface area contributed by atoms with Crippen molar-refractivity contribution >= 4 is 41.7 Å². The zero-order valence-corrected chi connectivity index (χ0v) is 37.5. The number of aromatic hydroxyl groups is 4. The van der Waals surface area contributed by atoms with Crippen molar-refractivity contribution in [2.45, 2.75) is 62.5 Å². The Bertz CT molecular complexity index is 2080. The van der Waals surface area contributed by atoms with Gasteiger partial charge in [-0.15, -0.1) is 5.54 Å². The van der Waals surface area contributed by atoms with Crippen LogP contribution in [-0.2, 0) is 26.6 Å². The molecule has 0 radical (unpaired) electrons. The van der Waals surface area contributed by atoms with Crippen LogP contribution in [0.15, 0.2) is 138 Å². The van der Waals surface area contributed by atoms with E-state index in [-0.39, 0.29) is 22.8 Å². The van der Waals surface area contributed by atoms with Crippen LogP contribution in [-0.4, -0.2) is 58.8 Å². The number of azide groups is 1. The number of phenolic OH excluding ortho intramolecular Hbond substituents is 4. The number of aromatic nitrogens is 1. The number of carboxylic acids is 1. The fraction of sp³-hybridized carbons (Fsp3) is 0.244. The average molecular weight is 871 g/mol. The van der Waals surface area contributed by atoms with Gasteiger partial charge in [0, 0.05) is 42.6 Å². The molecule has 5 aromatic rings. The Morgan fingerprint density at radius 2 is 1.32 bits per heavy atom. The van der Waals surface area contributed by atoms with E-state index in [4.69, 9.17) is 40.5 Å². The van der Waals surface area contributed by atoms with E-state index in [2.05, 4.69) is 66.9 Å². The van der Waals surface area contributed by atoms with Gasteiger partial charge in [0.15, 0.2) is 6.29 Å². The molecule has 60 heavy (non-hydrogen) atoms. The highest BCUT2D eigenvalue weighted by Gasteiger charge is 2.33. The van der Waals surface area contributed by atoms with Crippen molar-refractivity contribution in [2.75, 3.05) is 14.2 Å². The van der Waals surface area contributed by atoms with Crippen molar-refractivity contribution in [3.8, 4) is 34.5 Å². The molecule has 1 aromatic heterocycles. The highest BCUT2D eigenvalue weighted by molar-refractivity contribution is 8.76. The number of nitrogens with zero attached hydrogens (tertiary/aromatic N) is 4. The zero-order valence-electron chi connectivity index (χ0n) is 34.9. The van der Waals surface area contributed by atoms with Crippen molar-refractivity contribution in [2.24, 2.45) is 5.11 Å². The smallest absolute Gasteiger partial charge is 0.381 e. The quantitative estimate of drug-likeness (QED) is 0.0170. The van der Waals surface area contributed by atoms with Gasteiger partial charge in [-0.25, -0.2) is 9.78 Å². The van der Waals surface area contributed by atoms with Crippen molar-refractivity contribution < 1.29 is 39.8 Å². The van der Waals surface area contributed by atoms with Crippen molar-refractivity contribution in [1.29, 1.82) is 0 Å². The number of methoxy groups -OCH3 is 2. The number of hydrogen-bond donors (Lipinski definition) is 5. The van der Waals surface area contributed by atoms with Crippen LogP contribution >= 0.6 is 21.6 Å². The third-order valence-electron chi connectivity index (χ3n) is 8.28. The van der Waals surface area contributed by atoms with Crippen LogP contribution in [0.3, 0.4) is 0 Å². The number of aliphatic carboxylic acids is 1. The molecule has 4 aromatic carbocycles. The molecule has 0 unspecified atom stereocenters. The number of rotatable bonds is 10. The summed E-state index contributed by atoms with van der Waals surface area (Å²) in [5.41, 5.74) is 14.9. The van der Waals surface area contributed by atoms with Gasteiger partial charge in [-0.1, -0.05) is 117 Å². The van der Waals surface area contributed by atoms with E-state index < -0.39 is 14.0 Å². The Morgan fingerprint density at radius 3 is 1.73 bits per heavy atom. The highest BCUT2D eigenvalue weighted by Crippen LogP contribution is 2.35. The van der Waals surface area contributed by atoms with Crippen molar-refractivity contribution in [3.05, 3.63) is 161 Å². The van der Waals surface area contributed by atoms with E-state index in [1.54, 1.807) is 121 Å². The lowest BCUT2D eigenvalue weighted by molar-refractivity contribution is -0.130. The molecule has 0 spiro atoms. The lowest BCUT2D eigenvalue weighted by atomic mass is 10.2. The van der Waals surface area contributed by atoms with Gasteiger partial charge < -0.3 is 35.0 Å². The van der Waals surface area contributed by atoms with Crippen LogP contribution in [0.1, 0.15) is 49.3 Å². The second-order valence-electron chi connectivity index (χ2n) is 13.9. The van der Waals surface area contributed by atoms with Crippen LogP contribution in [0.5, 0.6) is 23.0 Å². The first-order valence-corrected chi connectivity index (χ1v) is 23.6. The van der Waals surface area contributed by atoms with E-state index in [1.165, 1.54) is 5.56 Å². The van der Waals surface area contributed by atoms with Crippen molar-refractivity contribution in [3.63, 3.8) is 0 Å². The van der Waals surface area contributed by atoms with Crippen LogP contribution in [0, 0.1) is 11.5 Å². The zero-order chi connectivity index (χ0) is 45.0. The van der Waals surface area contributed by atoms with Gasteiger partial charge in [-0.3, -0.25) is 0 Å². The van der Waals surface area contributed by atoms with Crippen LogP contribution in [0.2, 0.25) is 18.1 Å². The minimum Gasteiger partial charge on any atom is -0.508 e. The van der Waals surface area contributed by atoms with Crippen LogP contribution < -0.4 is 0 Å². The number of pyridine rings is 1. The Labute approximate surface area is 362 Å². The largest absolute Gasteiger partial charge is 0.508 e. The summed E-state index contributed by atoms with van der Waals surface area (Å²) in [6.07, 6.45) is 3.17. The van der Waals surface area contributed by atoms with Gasteiger partial charge in [-0.2, -0.15) is 0 Å². The minimum atomic E-state index is -1.71. The molecule has 12 nitrogen and oxygen atoms in total. The Morgan fingerprint density at radius 1 is 0.833 bits per heavy atom. The molecule has 0 aliphatic carbocycles. The van der Waals surface area contributed by atoms with Gasteiger partial charge in [-0.05, 0) is 98.7 Å². The van der Waals surface area contributed by atoms with Gasteiger partial charge in [0.05, 0.1) is 6.54 Å². The number of carboxylic acid groups (broad SMARTS) is 1. The normalized spacial score (nSPS) is 10.1. The number of phenols is 4. The lowest BCUT2D eigenvalue weighted by Gasteiger charge is -2.31. The molecule has 0 saturated carbocycles. The summed E-state index contributed by atoms with van der Waals surface area (Å²) >= 11 is 0. The Kier molecular flexibility index (Phi) is 24.8. The fourth-order valence-electron chi connectivity index (χ4n) is 3.87. The number of hydrogen-bond acceptors (Lipinski definition) is 11. The number of ether oxygens (including phenoxy) is 2. The van der Waals surface area contributed by atoms with E-state index >= 15 is 0 Å². The molecule has 15 heteroatoms. The van der Waals surface area contributed by atoms with Gasteiger partial charge in [0.2, 0.25) is 0 Å². The van der Waals surface area contributed by atoms with Gasteiger partial charge in [0.1, 0.15) is 36.1 Å². The molecule has 0 fully saturated rings. The van der Waals surface area contributed by atoms with Crippen LogP contribution in [0.25, 0.3) is 16.5 Å². The second kappa shape index (κ2) is 28.6. The van der Waals surface area contributed by atoms with Crippen molar-refractivity contribution in [1.82, 2.24) is 4.98 Å². The minimum absolute atomic E-state index is 0.134. The summed E-state index contributed by atoms with van der Waals surface area (Å²) in [4.78, 5) is 17.1. The predicted molar refractivity (Wildman–Crippen MR) is 246 cm³/mol. The predicted octanol–water partition coefficient (Wildman–Crippen LogP) is 11.8. The van der Waals surface area contributed by atoms with Gasteiger partial charge in [0.25, 0.3) is 0 Å². The molecule has 5 N–H and O–H groups in total. The van der Waals surface area contributed by atoms with Gasteiger partial charge >= 0.3 is 5.97 Å². The monoisotopic (exact) mass is 870 g/mol. The maximum absolute atomic E-state index is 10.2. The molecule has 5 rings (SSSR count). The average Bonchev–Trinajstić information content (AvgIpc) is 3.23. The third kappa shape index (κ3) is 22.9. The molecule has 0 saturated heterocycles. The maximum atomic E-state index is 10.2. The molecule has 0 bridgehead atoms. The Hall–Kier alpha value is -5.85. The lowest BCUT2D eigenvalue weighted by Crippen LogP contribution is -2.35. The van der Waals surface area contributed by atoms with E-state index in [0.717, 1.165) is 27.5 Å². The number of carbonyl (C=O) groups is 1. The highest BCUT2D eigenvalue weighted by atomic mass is 33.1. The second-order valence-corrected chi connectivity index (χ2v) is 21.2. The molecule has 0 atom stereocenters. The maximum Gasteiger partial charge on any atom is 0.381 e. The summed E-state index contributed by atoms with van der Waals surface area (Å²) in [7, 11) is 4.83. The molecule has 0 amide bonds. The summed E-state index contributed by atoms with van der Waals surface area (Å²) in [6, 6.07) is 33.3. The molecular weight excluding hydrogens is 817 g/mol. The van der Waals surface area contributed by atoms with Crippen LogP contribution in [0.4, 0.5) is 0 Å². The molecule has 0 aliphatic rings. The third-order valence-corrected chi connectivity index (χ3v) is 15.0. The molecule has 318 valence electrons. The number of benzene rings is 4. The molecule has 1 heterocycles. The first-order chi connectivity index (χ1) is 28.4. The summed E-state index contributed by atoms with van der Waals surface area (Å²) in [5.74, 6) is 3.16. The topological polar surface area (TPSA) is 198 Å². The summed E-state index contributed by atoms with van der Waals surface area (Å²) in [5, 5.41) is 48.8.